The second kappa shape index (κ2) is 9.31. The van der Waals surface area contributed by atoms with Gasteiger partial charge < -0.3 is 10.1 Å². The summed E-state index contributed by atoms with van der Waals surface area (Å²) >= 11 is 0. The zero-order chi connectivity index (χ0) is 20.7. The summed E-state index contributed by atoms with van der Waals surface area (Å²) in [6.07, 6.45) is 0.157. The molecule has 0 bridgehead atoms. The monoisotopic (exact) mass is 381 g/mol. The van der Waals surface area contributed by atoms with Crippen molar-refractivity contribution in [3.63, 3.8) is 0 Å². The first-order chi connectivity index (χ1) is 13.2. The van der Waals surface area contributed by atoms with Crippen LogP contribution in [0.25, 0.3) is 11.1 Å². The second-order valence-corrected chi connectivity index (χ2v) is 7.37. The third-order valence-corrected chi connectivity index (χ3v) is 4.51. The van der Waals surface area contributed by atoms with E-state index in [4.69, 9.17) is 4.74 Å². The van der Waals surface area contributed by atoms with Crippen molar-refractivity contribution in [3.05, 3.63) is 60.2 Å². The number of Topliss-reactive ketones (excluding diaryl/α,β-unsaturated/α-hetero) is 1. The SMILES string of the molecule is CCOC(=O)C(C)(C)CC(NC(C)=O)C(=O)c1ccc(-c2ccccc2)cc1. The Labute approximate surface area is 166 Å². The Balaban J connectivity index is 2.22. The summed E-state index contributed by atoms with van der Waals surface area (Å²) in [6.45, 7) is 6.79. The van der Waals surface area contributed by atoms with Gasteiger partial charge in [-0.1, -0.05) is 54.6 Å². The Morgan fingerprint density at radius 3 is 2.07 bits per heavy atom. The molecular formula is C23H27NO4. The molecule has 0 aliphatic carbocycles. The number of hydrogen-bond donors (Lipinski definition) is 1. The van der Waals surface area contributed by atoms with E-state index in [1.54, 1.807) is 32.9 Å². The van der Waals surface area contributed by atoms with Crippen LogP contribution in [0.5, 0.6) is 0 Å². The van der Waals surface area contributed by atoms with Gasteiger partial charge in [-0.2, -0.15) is 0 Å². The fourth-order valence-electron chi connectivity index (χ4n) is 3.03. The number of carbonyl (C=O) groups is 3. The van der Waals surface area contributed by atoms with Crippen LogP contribution in [0.1, 0.15) is 44.5 Å². The quantitative estimate of drug-likeness (QED) is 0.554. The zero-order valence-corrected chi connectivity index (χ0v) is 16.8. The van der Waals surface area contributed by atoms with E-state index in [1.807, 2.05) is 42.5 Å². The molecule has 0 saturated carbocycles. The largest absolute Gasteiger partial charge is 0.466 e. The van der Waals surface area contributed by atoms with Gasteiger partial charge in [0.1, 0.15) is 0 Å². The maximum atomic E-state index is 13.0. The molecule has 5 nitrogen and oxygen atoms in total. The maximum Gasteiger partial charge on any atom is 0.311 e. The number of carbonyl (C=O) groups excluding carboxylic acids is 3. The number of esters is 1. The van der Waals surface area contributed by atoms with E-state index >= 15 is 0 Å². The molecule has 1 N–H and O–H groups in total. The summed E-state index contributed by atoms with van der Waals surface area (Å²) in [5.41, 5.74) is 1.64. The summed E-state index contributed by atoms with van der Waals surface area (Å²) < 4.78 is 5.10. The van der Waals surface area contributed by atoms with Crippen molar-refractivity contribution in [3.8, 4) is 11.1 Å². The molecule has 0 fully saturated rings. The van der Waals surface area contributed by atoms with Crippen LogP contribution in [0.2, 0.25) is 0 Å². The molecule has 0 spiro atoms. The minimum atomic E-state index is -0.900. The molecule has 0 saturated heterocycles. The van der Waals surface area contributed by atoms with Gasteiger partial charge in [-0.25, -0.2) is 0 Å². The third-order valence-electron chi connectivity index (χ3n) is 4.51. The maximum absolute atomic E-state index is 13.0. The number of ether oxygens (including phenoxy) is 1. The Kier molecular flexibility index (Phi) is 7.10. The van der Waals surface area contributed by atoms with Gasteiger partial charge in [0.05, 0.1) is 18.1 Å². The lowest BCUT2D eigenvalue weighted by Gasteiger charge is -2.27. The van der Waals surface area contributed by atoms with E-state index in [-0.39, 0.29) is 24.7 Å². The first-order valence-electron chi connectivity index (χ1n) is 9.38. The van der Waals surface area contributed by atoms with Crippen molar-refractivity contribution in [2.24, 2.45) is 5.41 Å². The van der Waals surface area contributed by atoms with E-state index in [0.29, 0.717) is 5.56 Å². The number of amides is 1. The molecule has 2 aromatic rings. The number of nitrogens with one attached hydrogen (secondary N) is 1. The highest BCUT2D eigenvalue weighted by molar-refractivity contribution is 6.02. The van der Waals surface area contributed by atoms with Crippen molar-refractivity contribution >= 4 is 17.7 Å². The smallest absolute Gasteiger partial charge is 0.311 e. The highest BCUT2D eigenvalue weighted by Gasteiger charge is 2.35. The van der Waals surface area contributed by atoms with Gasteiger partial charge in [-0.15, -0.1) is 0 Å². The Morgan fingerprint density at radius 1 is 0.964 bits per heavy atom. The van der Waals surface area contributed by atoms with E-state index in [9.17, 15) is 14.4 Å². The molecule has 1 unspecified atom stereocenters. The molecule has 2 rings (SSSR count). The molecule has 5 heteroatoms. The molecule has 0 radical (unpaired) electrons. The van der Waals surface area contributed by atoms with Crippen molar-refractivity contribution in [2.45, 2.75) is 40.2 Å². The van der Waals surface area contributed by atoms with Gasteiger partial charge in [-0.05, 0) is 38.3 Å². The lowest BCUT2D eigenvalue weighted by Crippen LogP contribution is -2.44. The average Bonchev–Trinajstić information content (AvgIpc) is 2.67. The Hall–Kier alpha value is -2.95. The molecule has 0 aliphatic rings. The zero-order valence-electron chi connectivity index (χ0n) is 16.8. The third kappa shape index (κ3) is 5.52. The van der Waals surface area contributed by atoms with Crippen LogP contribution in [0.3, 0.4) is 0 Å². The summed E-state index contributed by atoms with van der Waals surface area (Å²) in [5, 5.41) is 2.68. The first kappa shape index (κ1) is 21.4. The van der Waals surface area contributed by atoms with Gasteiger partial charge in [0, 0.05) is 12.5 Å². The van der Waals surface area contributed by atoms with Crippen molar-refractivity contribution in [1.82, 2.24) is 5.32 Å². The molecule has 148 valence electrons. The van der Waals surface area contributed by atoms with Crippen LogP contribution in [-0.2, 0) is 14.3 Å². The number of rotatable bonds is 8. The van der Waals surface area contributed by atoms with Crippen LogP contribution in [0.15, 0.2) is 54.6 Å². The van der Waals surface area contributed by atoms with Crippen LogP contribution in [0.4, 0.5) is 0 Å². The molecule has 0 aliphatic heterocycles. The van der Waals surface area contributed by atoms with Gasteiger partial charge in [0.25, 0.3) is 0 Å². The number of benzene rings is 2. The second-order valence-electron chi connectivity index (χ2n) is 7.37. The van der Waals surface area contributed by atoms with Crippen LogP contribution >= 0.6 is 0 Å². The predicted octanol–water partition coefficient (Wildman–Crippen LogP) is 4.02. The Morgan fingerprint density at radius 2 is 1.54 bits per heavy atom. The van der Waals surface area contributed by atoms with E-state index in [1.165, 1.54) is 6.92 Å². The van der Waals surface area contributed by atoms with Gasteiger partial charge in [0.2, 0.25) is 5.91 Å². The highest BCUT2D eigenvalue weighted by Crippen LogP contribution is 2.26. The first-order valence-corrected chi connectivity index (χ1v) is 9.38. The molecule has 0 aromatic heterocycles. The van der Waals surface area contributed by atoms with Gasteiger partial charge in [-0.3, -0.25) is 14.4 Å². The van der Waals surface area contributed by atoms with Crippen LogP contribution in [-0.4, -0.2) is 30.3 Å². The lowest BCUT2D eigenvalue weighted by molar-refractivity contribution is -0.154. The van der Waals surface area contributed by atoms with E-state index in [2.05, 4.69) is 5.32 Å². The van der Waals surface area contributed by atoms with Crippen molar-refractivity contribution < 1.29 is 19.1 Å². The summed E-state index contributed by atoms with van der Waals surface area (Å²) in [7, 11) is 0. The highest BCUT2D eigenvalue weighted by atomic mass is 16.5. The fraction of sp³-hybridized carbons (Fsp3) is 0.348. The summed E-state index contributed by atoms with van der Waals surface area (Å²) in [5.74, 6) is -0.941. The van der Waals surface area contributed by atoms with E-state index in [0.717, 1.165) is 11.1 Å². The Bertz CT molecular complexity index is 825. The van der Waals surface area contributed by atoms with Gasteiger partial charge in [0.15, 0.2) is 5.78 Å². The van der Waals surface area contributed by atoms with Crippen molar-refractivity contribution in [2.75, 3.05) is 6.61 Å². The molecule has 1 amide bonds. The fourth-order valence-corrected chi connectivity index (χ4v) is 3.03. The standard InChI is InChI=1S/C23H27NO4/c1-5-28-22(27)23(3,4)15-20(24-16(2)25)21(26)19-13-11-18(12-14-19)17-9-7-6-8-10-17/h6-14,20H,5,15H2,1-4H3,(H,24,25). The predicted molar refractivity (Wildman–Crippen MR) is 109 cm³/mol. The molecule has 0 heterocycles. The number of ketones is 1. The average molecular weight is 381 g/mol. The summed E-state index contributed by atoms with van der Waals surface area (Å²) in [6, 6.07) is 16.3. The molecular weight excluding hydrogens is 354 g/mol. The molecule has 1 atom stereocenters. The summed E-state index contributed by atoms with van der Waals surface area (Å²) in [4.78, 5) is 36.9. The molecule has 28 heavy (non-hydrogen) atoms. The number of hydrogen-bond acceptors (Lipinski definition) is 4. The van der Waals surface area contributed by atoms with Crippen LogP contribution < -0.4 is 5.32 Å². The topological polar surface area (TPSA) is 72.5 Å². The minimum Gasteiger partial charge on any atom is -0.466 e. The van der Waals surface area contributed by atoms with Crippen molar-refractivity contribution in [1.29, 1.82) is 0 Å². The normalized spacial score (nSPS) is 12.1. The lowest BCUT2D eigenvalue weighted by atomic mass is 9.83. The molecule has 2 aromatic carbocycles. The van der Waals surface area contributed by atoms with Crippen LogP contribution in [0, 0.1) is 5.41 Å². The minimum absolute atomic E-state index is 0.157. The van der Waals surface area contributed by atoms with E-state index < -0.39 is 17.4 Å². The van der Waals surface area contributed by atoms with Gasteiger partial charge >= 0.3 is 5.97 Å².